The highest BCUT2D eigenvalue weighted by molar-refractivity contribution is 5.89. The SMILES string of the molecule is Cc1ccc(C2=CC(c3ccccc3)n3nnnc3N2CC(=O)N2CCCCC2)cc1. The smallest absolute Gasteiger partial charge is 0.251 e. The van der Waals surface area contributed by atoms with Crippen molar-refractivity contribution in [1.29, 1.82) is 0 Å². The third-order valence-electron chi connectivity index (χ3n) is 6.08. The minimum absolute atomic E-state index is 0.116. The van der Waals surface area contributed by atoms with Crippen LogP contribution in [0, 0.1) is 6.92 Å². The number of amides is 1. The maximum Gasteiger partial charge on any atom is 0.251 e. The van der Waals surface area contributed by atoms with Gasteiger partial charge < -0.3 is 4.90 Å². The van der Waals surface area contributed by atoms with Crippen LogP contribution in [0.15, 0.2) is 60.7 Å². The number of fused-ring (bicyclic) bond motifs is 1. The highest BCUT2D eigenvalue weighted by Crippen LogP contribution is 2.36. The number of benzene rings is 2. The van der Waals surface area contributed by atoms with E-state index in [1.807, 2.05) is 28.0 Å². The molecular formula is C24H26N6O. The van der Waals surface area contributed by atoms with Crippen molar-refractivity contribution in [2.24, 2.45) is 0 Å². The van der Waals surface area contributed by atoms with E-state index in [1.54, 1.807) is 4.68 Å². The first-order chi connectivity index (χ1) is 15.2. The molecule has 0 N–H and O–H groups in total. The summed E-state index contributed by atoms with van der Waals surface area (Å²) >= 11 is 0. The standard InChI is InChI=1S/C24H26N6O/c1-18-10-12-20(13-11-18)21-16-22(19-8-4-2-5-9-19)30-24(25-26-27-30)29(21)17-23(31)28-14-6-3-7-15-28/h2,4-5,8-13,16,22H,3,6-7,14-15,17H2,1H3. The summed E-state index contributed by atoms with van der Waals surface area (Å²) in [7, 11) is 0. The van der Waals surface area contributed by atoms with Crippen molar-refractivity contribution in [1.82, 2.24) is 25.1 Å². The summed E-state index contributed by atoms with van der Waals surface area (Å²) in [5, 5.41) is 12.5. The molecule has 31 heavy (non-hydrogen) atoms. The Morgan fingerprint density at radius 2 is 1.74 bits per heavy atom. The van der Waals surface area contributed by atoms with Crippen molar-refractivity contribution >= 4 is 17.6 Å². The molecule has 158 valence electrons. The van der Waals surface area contributed by atoms with E-state index < -0.39 is 0 Å². The third-order valence-corrected chi connectivity index (χ3v) is 6.08. The zero-order chi connectivity index (χ0) is 21.2. The van der Waals surface area contributed by atoms with Crippen LogP contribution in [0.2, 0.25) is 0 Å². The van der Waals surface area contributed by atoms with Crippen molar-refractivity contribution in [3.8, 4) is 0 Å². The van der Waals surface area contributed by atoms with Gasteiger partial charge in [-0.05, 0) is 53.8 Å². The van der Waals surface area contributed by atoms with Crippen LogP contribution in [-0.2, 0) is 4.79 Å². The lowest BCUT2D eigenvalue weighted by molar-refractivity contribution is -0.130. The van der Waals surface area contributed by atoms with Gasteiger partial charge >= 0.3 is 0 Å². The van der Waals surface area contributed by atoms with Crippen LogP contribution in [0.5, 0.6) is 0 Å². The van der Waals surface area contributed by atoms with Crippen LogP contribution in [-0.4, -0.2) is 50.6 Å². The fraction of sp³-hybridized carbons (Fsp3) is 0.333. The van der Waals surface area contributed by atoms with Crippen LogP contribution in [0.25, 0.3) is 5.70 Å². The highest BCUT2D eigenvalue weighted by Gasteiger charge is 2.33. The van der Waals surface area contributed by atoms with E-state index in [2.05, 4.69) is 64.9 Å². The maximum atomic E-state index is 13.2. The number of rotatable bonds is 4. The zero-order valence-corrected chi connectivity index (χ0v) is 17.7. The number of aromatic nitrogens is 4. The summed E-state index contributed by atoms with van der Waals surface area (Å²) in [5.41, 5.74) is 4.30. The first-order valence-electron chi connectivity index (χ1n) is 10.9. The first kappa shape index (κ1) is 19.5. The molecule has 1 saturated heterocycles. The Hall–Kier alpha value is -3.48. The van der Waals surface area contributed by atoms with Gasteiger partial charge in [0.25, 0.3) is 5.95 Å². The fourth-order valence-electron chi connectivity index (χ4n) is 4.36. The highest BCUT2D eigenvalue weighted by atomic mass is 16.2. The van der Waals surface area contributed by atoms with Gasteiger partial charge in [-0.3, -0.25) is 9.69 Å². The van der Waals surface area contributed by atoms with Gasteiger partial charge in [-0.2, -0.15) is 4.68 Å². The lowest BCUT2D eigenvalue weighted by Crippen LogP contribution is -2.44. The number of piperidine rings is 1. The van der Waals surface area contributed by atoms with E-state index in [1.165, 1.54) is 12.0 Å². The number of carbonyl (C=O) groups is 1. The Bertz CT molecular complexity index is 1080. The van der Waals surface area contributed by atoms with Gasteiger partial charge in [0, 0.05) is 13.1 Å². The number of hydrogen-bond acceptors (Lipinski definition) is 5. The van der Waals surface area contributed by atoms with Gasteiger partial charge in [0.2, 0.25) is 5.91 Å². The van der Waals surface area contributed by atoms with Crippen LogP contribution in [0.3, 0.4) is 0 Å². The summed E-state index contributed by atoms with van der Waals surface area (Å²) in [6.07, 6.45) is 5.49. The number of allylic oxidation sites excluding steroid dienone is 1. The molecule has 0 spiro atoms. The summed E-state index contributed by atoms with van der Waals surface area (Å²) in [4.78, 5) is 17.1. The Labute approximate surface area is 182 Å². The summed E-state index contributed by atoms with van der Waals surface area (Å²) < 4.78 is 1.80. The molecule has 5 rings (SSSR count). The molecule has 2 aliphatic heterocycles. The lowest BCUT2D eigenvalue weighted by atomic mass is 10.00. The van der Waals surface area contributed by atoms with Crippen LogP contribution in [0.1, 0.15) is 42.0 Å². The largest absolute Gasteiger partial charge is 0.341 e. The molecule has 1 unspecified atom stereocenters. The molecule has 7 nitrogen and oxygen atoms in total. The summed E-state index contributed by atoms with van der Waals surface area (Å²) in [5.74, 6) is 0.711. The van der Waals surface area contributed by atoms with Gasteiger partial charge in [0.05, 0.1) is 5.70 Å². The predicted octanol–water partition coefficient (Wildman–Crippen LogP) is 3.44. The molecule has 0 radical (unpaired) electrons. The summed E-state index contributed by atoms with van der Waals surface area (Å²) in [6.45, 7) is 3.95. The van der Waals surface area contributed by atoms with Gasteiger partial charge in [0.15, 0.2) is 0 Å². The van der Waals surface area contributed by atoms with Crippen molar-refractivity contribution in [3.05, 3.63) is 77.4 Å². The monoisotopic (exact) mass is 414 g/mol. The second-order valence-corrected chi connectivity index (χ2v) is 8.22. The number of nitrogens with zero attached hydrogens (tertiary/aromatic N) is 6. The van der Waals surface area contributed by atoms with Crippen LogP contribution >= 0.6 is 0 Å². The quantitative estimate of drug-likeness (QED) is 0.654. The second kappa shape index (κ2) is 8.34. The topological polar surface area (TPSA) is 67.2 Å². The van der Waals surface area contributed by atoms with E-state index in [4.69, 9.17) is 0 Å². The number of anilines is 1. The Morgan fingerprint density at radius 3 is 2.48 bits per heavy atom. The first-order valence-corrected chi connectivity index (χ1v) is 10.9. The molecule has 0 bridgehead atoms. The molecule has 2 aromatic carbocycles. The molecular weight excluding hydrogens is 388 g/mol. The molecule has 3 aromatic rings. The number of carbonyl (C=O) groups excluding carboxylic acids is 1. The minimum Gasteiger partial charge on any atom is -0.341 e. The van der Waals surface area contributed by atoms with Gasteiger partial charge in [-0.1, -0.05) is 65.3 Å². The predicted molar refractivity (Wildman–Crippen MR) is 119 cm³/mol. The molecule has 3 heterocycles. The summed E-state index contributed by atoms with van der Waals surface area (Å²) in [6, 6.07) is 18.4. The number of aryl methyl sites for hydroxylation is 1. The van der Waals surface area contributed by atoms with E-state index in [9.17, 15) is 4.79 Å². The molecule has 7 heteroatoms. The van der Waals surface area contributed by atoms with Crippen molar-refractivity contribution < 1.29 is 4.79 Å². The van der Waals surface area contributed by atoms with E-state index in [0.717, 1.165) is 42.8 Å². The van der Waals surface area contributed by atoms with Crippen molar-refractivity contribution in [2.45, 2.75) is 32.2 Å². The second-order valence-electron chi connectivity index (χ2n) is 8.22. The lowest BCUT2D eigenvalue weighted by Gasteiger charge is -2.35. The Balaban J connectivity index is 1.56. The molecule has 1 atom stereocenters. The van der Waals surface area contributed by atoms with Crippen LogP contribution < -0.4 is 4.90 Å². The Kier molecular flexibility index (Phi) is 5.24. The van der Waals surface area contributed by atoms with E-state index in [-0.39, 0.29) is 18.5 Å². The van der Waals surface area contributed by atoms with E-state index in [0.29, 0.717) is 5.95 Å². The third kappa shape index (κ3) is 3.83. The molecule has 1 amide bonds. The number of likely N-dealkylation sites (tertiary alicyclic amines) is 1. The molecule has 1 aromatic heterocycles. The Morgan fingerprint density at radius 1 is 1.00 bits per heavy atom. The molecule has 0 aliphatic carbocycles. The normalized spacial score (nSPS) is 18.5. The molecule has 0 saturated carbocycles. The maximum absolute atomic E-state index is 13.2. The van der Waals surface area contributed by atoms with Crippen molar-refractivity contribution in [3.63, 3.8) is 0 Å². The number of tetrazole rings is 1. The number of hydrogen-bond donors (Lipinski definition) is 0. The fourth-order valence-corrected chi connectivity index (χ4v) is 4.36. The van der Waals surface area contributed by atoms with Gasteiger partial charge in [-0.25, -0.2) is 0 Å². The average Bonchev–Trinajstić information content (AvgIpc) is 3.31. The molecule has 1 fully saturated rings. The van der Waals surface area contributed by atoms with Gasteiger partial charge in [-0.15, -0.1) is 0 Å². The van der Waals surface area contributed by atoms with Gasteiger partial charge in [0.1, 0.15) is 12.6 Å². The van der Waals surface area contributed by atoms with Crippen LogP contribution in [0.4, 0.5) is 5.95 Å². The zero-order valence-electron chi connectivity index (χ0n) is 17.7. The minimum atomic E-state index is -0.135. The average molecular weight is 415 g/mol. The molecule has 2 aliphatic rings. The van der Waals surface area contributed by atoms with E-state index >= 15 is 0 Å². The van der Waals surface area contributed by atoms with Crippen molar-refractivity contribution in [2.75, 3.05) is 24.5 Å².